The fourth-order valence-corrected chi connectivity index (χ4v) is 2.41. The fraction of sp³-hybridized carbons (Fsp3) is 0.533. The Morgan fingerprint density at radius 2 is 2.05 bits per heavy atom. The molecule has 2 rings (SSSR count). The molecule has 3 nitrogen and oxygen atoms in total. The van der Waals surface area contributed by atoms with E-state index in [-0.39, 0.29) is 23.6 Å². The number of carbonyl (C=O) groups is 1. The zero-order valence-electron chi connectivity index (χ0n) is 12.0. The second-order valence-electron chi connectivity index (χ2n) is 5.69. The predicted octanol–water partition coefficient (Wildman–Crippen LogP) is 2.42. The van der Waals surface area contributed by atoms with Gasteiger partial charge in [-0.25, -0.2) is 8.78 Å². The lowest BCUT2D eigenvalue weighted by atomic mass is 9.99. The summed E-state index contributed by atoms with van der Waals surface area (Å²) in [5, 5.41) is 3.40. The van der Waals surface area contributed by atoms with Crippen LogP contribution >= 0.6 is 0 Å². The maximum absolute atomic E-state index is 13.3. The van der Waals surface area contributed by atoms with E-state index in [0.717, 1.165) is 12.1 Å². The van der Waals surface area contributed by atoms with Crippen molar-refractivity contribution < 1.29 is 13.6 Å². The number of halogens is 2. The first-order valence-corrected chi connectivity index (χ1v) is 6.89. The van der Waals surface area contributed by atoms with Crippen LogP contribution in [0.15, 0.2) is 18.2 Å². The lowest BCUT2D eigenvalue weighted by Crippen LogP contribution is -2.58. The molecule has 1 amide bonds. The Morgan fingerprint density at radius 1 is 1.35 bits per heavy atom. The molecule has 1 fully saturated rings. The highest BCUT2D eigenvalue weighted by molar-refractivity contribution is 5.94. The number of rotatable bonds is 2. The molecule has 1 aliphatic rings. The van der Waals surface area contributed by atoms with Crippen LogP contribution in [0.2, 0.25) is 0 Å². The molecular weight excluding hydrogens is 262 g/mol. The average molecular weight is 282 g/mol. The molecule has 2 unspecified atom stereocenters. The first-order valence-electron chi connectivity index (χ1n) is 6.89. The molecule has 20 heavy (non-hydrogen) atoms. The summed E-state index contributed by atoms with van der Waals surface area (Å²) < 4.78 is 26.2. The molecule has 1 aliphatic heterocycles. The Hall–Kier alpha value is -1.49. The van der Waals surface area contributed by atoms with E-state index in [9.17, 15) is 13.6 Å². The average Bonchev–Trinajstić information content (AvgIpc) is 2.41. The standard InChI is InChI=1S/C15H20F2N2O/c1-9(2)14-8-19(10(3)7-18-14)15(20)11-4-5-12(16)13(17)6-11/h4-6,9-10,14,18H,7-8H2,1-3H3. The zero-order valence-corrected chi connectivity index (χ0v) is 12.0. The first-order chi connectivity index (χ1) is 9.40. The van der Waals surface area contributed by atoms with Gasteiger partial charge in [0.05, 0.1) is 0 Å². The Morgan fingerprint density at radius 3 is 2.65 bits per heavy atom. The molecule has 1 aromatic rings. The van der Waals surface area contributed by atoms with Gasteiger partial charge < -0.3 is 10.2 Å². The van der Waals surface area contributed by atoms with Crippen LogP contribution in [0.5, 0.6) is 0 Å². The molecule has 1 heterocycles. The van der Waals surface area contributed by atoms with Crippen molar-refractivity contribution in [2.45, 2.75) is 32.9 Å². The number of amides is 1. The fourth-order valence-electron chi connectivity index (χ4n) is 2.41. The van der Waals surface area contributed by atoms with Crippen molar-refractivity contribution >= 4 is 5.91 Å². The number of nitrogens with zero attached hydrogens (tertiary/aromatic N) is 1. The van der Waals surface area contributed by atoms with E-state index >= 15 is 0 Å². The maximum atomic E-state index is 13.3. The number of carbonyl (C=O) groups excluding carboxylic acids is 1. The van der Waals surface area contributed by atoms with Crippen molar-refractivity contribution in [3.8, 4) is 0 Å². The van der Waals surface area contributed by atoms with Crippen LogP contribution in [0.4, 0.5) is 8.78 Å². The van der Waals surface area contributed by atoms with Crippen LogP contribution in [0, 0.1) is 17.6 Å². The SMILES string of the molecule is CC(C)C1CN(C(=O)c2ccc(F)c(F)c2)C(C)CN1. The molecule has 0 aromatic heterocycles. The predicted molar refractivity (Wildman–Crippen MR) is 73.5 cm³/mol. The number of hydrogen-bond donors (Lipinski definition) is 1. The maximum Gasteiger partial charge on any atom is 0.254 e. The van der Waals surface area contributed by atoms with Crippen LogP contribution in [-0.4, -0.2) is 36.0 Å². The summed E-state index contributed by atoms with van der Waals surface area (Å²) in [5.41, 5.74) is 0.195. The topological polar surface area (TPSA) is 32.3 Å². The molecule has 1 N–H and O–H groups in total. The summed E-state index contributed by atoms with van der Waals surface area (Å²) in [6.07, 6.45) is 0. The van der Waals surface area contributed by atoms with Gasteiger partial charge in [0.15, 0.2) is 11.6 Å². The van der Waals surface area contributed by atoms with Crippen molar-refractivity contribution in [1.82, 2.24) is 10.2 Å². The van der Waals surface area contributed by atoms with Crippen LogP contribution in [0.25, 0.3) is 0 Å². The van der Waals surface area contributed by atoms with Crippen LogP contribution in [-0.2, 0) is 0 Å². The van der Waals surface area contributed by atoms with Crippen LogP contribution < -0.4 is 5.32 Å². The van der Waals surface area contributed by atoms with Gasteiger partial charge in [0, 0.05) is 30.7 Å². The van der Waals surface area contributed by atoms with Crippen molar-refractivity contribution in [2.24, 2.45) is 5.92 Å². The van der Waals surface area contributed by atoms with Gasteiger partial charge in [-0.2, -0.15) is 0 Å². The lowest BCUT2D eigenvalue weighted by Gasteiger charge is -2.40. The summed E-state index contributed by atoms with van der Waals surface area (Å²) in [4.78, 5) is 14.2. The summed E-state index contributed by atoms with van der Waals surface area (Å²) in [7, 11) is 0. The second kappa shape index (κ2) is 5.87. The minimum absolute atomic E-state index is 0.0330. The van der Waals surface area contributed by atoms with E-state index in [1.54, 1.807) is 4.90 Å². The molecule has 0 saturated carbocycles. The highest BCUT2D eigenvalue weighted by atomic mass is 19.2. The normalized spacial score (nSPS) is 23.2. The Balaban J connectivity index is 2.19. The highest BCUT2D eigenvalue weighted by Crippen LogP contribution is 2.17. The van der Waals surface area contributed by atoms with Crippen molar-refractivity contribution in [3.05, 3.63) is 35.4 Å². The lowest BCUT2D eigenvalue weighted by molar-refractivity contribution is 0.0579. The van der Waals surface area contributed by atoms with E-state index in [1.807, 2.05) is 6.92 Å². The summed E-state index contributed by atoms with van der Waals surface area (Å²) in [6.45, 7) is 7.41. The molecule has 110 valence electrons. The third kappa shape index (κ3) is 2.98. The van der Waals surface area contributed by atoms with Crippen molar-refractivity contribution in [1.29, 1.82) is 0 Å². The van der Waals surface area contributed by atoms with E-state index < -0.39 is 11.6 Å². The molecule has 5 heteroatoms. The molecular formula is C15H20F2N2O. The number of piperazine rings is 1. The highest BCUT2D eigenvalue weighted by Gasteiger charge is 2.30. The van der Waals surface area contributed by atoms with Gasteiger partial charge in [-0.15, -0.1) is 0 Å². The largest absolute Gasteiger partial charge is 0.333 e. The van der Waals surface area contributed by atoms with Gasteiger partial charge in [-0.05, 0) is 31.0 Å². The quantitative estimate of drug-likeness (QED) is 0.903. The van der Waals surface area contributed by atoms with Crippen molar-refractivity contribution in [2.75, 3.05) is 13.1 Å². The number of hydrogen-bond acceptors (Lipinski definition) is 2. The number of benzene rings is 1. The molecule has 0 bridgehead atoms. The summed E-state index contributed by atoms with van der Waals surface area (Å²) >= 11 is 0. The molecule has 0 radical (unpaired) electrons. The van der Waals surface area contributed by atoms with Gasteiger partial charge in [-0.1, -0.05) is 13.8 Å². The third-order valence-corrected chi connectivity index (χ3v) is 3.83. The minimum atomic E-state index is -0.987. The summed E-state index contributed by atoms with van der Waals surface area (Å²) in [5.74, 6) is -1.76. The molecule has 1 aromatic carbocycles. The van der Waals surface area contributed by atoms with E-state index in [0.29, 0.717) is 19.0 Å². The minimum Gasteiger partial charge on any atom is -0.333 e. The molecule has 1 saturated heterocycles. The van der Waals surface area contributed by atoms with E-state index in [4.69, 9.17) is 0 Å². The molecule has 2 atom stereocenters. The van der Waals surface area contributed by atoms with Gasteiger partial charge in [-0.3, -0.25) is 4.79 Å². The van der Waals surface area contributed by atoms with Crippen molar-refractivity contribution in [3.63, 3.8) is 0 Å². The number of nitrogens with one attached hydrogen (secondary N) is 1. The first kappa shape index (κ1) is 14.9. The van der Waals surface area contributed by atoms with Crippen LogP contribution in [0.3, 0.4) is 0 Å². The molecule has 0 spiro atoms. The second-order valence-corrected chi connectivity index (χ2v) is 5.69. The smallest absolute Gasteiger partial charge is 0.254 e. The Labute approximate surface area is 118 Å². The van der Waals surface area contributed by atoms with Crippen LogP contribution in [0.1, 0.15) is 31.1 Å². The zero-order chi connectivity index (χ0) is 14.9. The monoisotopic (exact) mass is 282 g/mol. The molecule has 0 aliphatic carbocycles. The van der Waals surface area contributed by atoms with Gasteiger partial charge in [0.2, 0.25) is 0 Å². The van der Waals surface area contributed by atoms with Gasteiger partial charge >= 0.3 is 0 Å². The summed E-state index contributed by atoms with van der Waals surface area (Å²) in [6, 6.07) is 3.55. The Bertz CT molecular complexity index is 505. The van der Waals surface area contributed by atoms with Gasteiger partial charge in [0.25, 0.3) is 5.91 Å². The third-order valence-electron chi connectivity index (χ3n) is 3.83. The van der Waals surface area contributed by atoms with E-state index in [1.165, 1.54) is 6.07 Å². The van der Waals surface area contributed by atoms with E-state index in [2.05, 4.69) is 19.2 Å². The van der Waals surface area contributed by atoms with Gasteiger partial charge in [0.1, 0.15) is 0 Å². The Kier molecular flexibility index (Phi) is 4.38.